The number of aromatic nitrogens is 1. The van der Waals surface area contributed by atoms with Crippen molar-refractivity contribution in [3.05, 3.63) is 65.5 Å². The van der Waals surface area contributed by atoms with Crippen LogP contribution in [0.5, 0.6) is 0 Å². The highest BCUT2D eigenvalue weighted by molar-refractivity contribution is 5.97. The highest BCUT2D eigenvalue weighted by Crippen LogP contribution is 2.08. The Kier molecular flexibility index (Phi) is 6.49. The Hall–Kier alpha value is -2.69. The van der Waals surface area contributed by atoms with E-state index in [9.17, 15) is 9.59 Å². The van der Waals surface area contributed by atoms with Crippen molar-refractivity contribution in [2.75, 3.05) is 13.6 Å². The van der Waals surface area contributed by atoms with Crippen LogP contribution >= 0.6 is 0 Å². The molecule has 2 aromatic rings. The summed E-state index contributed by atoms with van der Waals surface area (Å²) in [6.45, 7) is 3.28. The molecule has 0 aliphatic heterocycles. The van der Waals surface area contributed by atoms with E-state index in [-0.39, 0.29) is 11.8 Å². The van der Waals surface area contributed by atoms with Crippen LogP contribution in [0.4, 0.5) is 0 Å². The molecule has 0 spiro atoms. The van der Waals surface area contributed by atoms with Crippen molar-refractivity contribution >= 4 is 11.8 Å². The fraction of sp³-hybridized carbons (Fsp3) is 0.316. The van der Waals surface area contributed by atoms with Crippen LogP contribution in [-0.2, 0) is 6.54 Å². The lowest BCUT2D eigenvalue weighted by Gasteiger charge is -2.16. The zero-order valence-electron chi connectivity index (χ0n) is 14.2. The summed E-state index contributed by atoms with van der Waals surface area (Å²) in [6, 6.07) is 10.5. The first-order valence-corrected chi connectivity index (χ1v) is 8.14. The van der Waals surface area contributed by atoms with Crippen LogP contribution in [0, 0.1) is 0 Å². The molecule has 1 aromatic heterocycles. The number of hydrogen-bond acceptors (Lipinski definition) is 3. The summed E-state index contributed by atoms with van der Waals surface area (Å²) in [4.78, 5) is 30.1. The van der Waals surface area contributed by atoms with Crippen LogP contribution in [0.25, 0.3) is 0 Å². The van der Waals surface area contributed by atoms with E-state index in [1.807, 2.05) is 12.1 Å². The monoisotopic (exact) mass is 325 g/mol. The van der Waals surface area contributed by atoms with Gasteiger partial charge in [-0.1, -0.05) is 13.3 Å². The van der Waals surface area contributed by atoms with Crippen molar-refractivity contribution in [2.24, 2.45) is 0 Å². The smallest absolute Gasteiger partial charge is 0.253 e. The average molecular weight is 325 g/mol. The third-order valence-electron chi connectivity index (χ3n) is 3.79. The average Bonchev–Trinajstić information content (AvgIpc) is 2.64. The second kappa shape index (κ2) is 8.82. The third-order valence-corrected chi connectivity index (χ3v) is 3.79. The molecule has 0 atom stereocenters. The number of rotatable bonds is 7. The van der Waals surface area contributed by atoms with Crippen LogP contribution in [0.2, 0.25) is 0 Å². The molecule has 0 saturated carbocycles. The van der Waals surface area contributed by atoms with Gasteiger partial charge in [0, 0.05) is 43.7 Å². The van der Waals surface area contributed by atoms with Crippen molar-refractivity contribution in [3.8, 4) is 0 Å². The number of carbonyl (C=O) groups excluding carboxylic acids is 2. The molecule has 1 N–H and O–H groups in total. The summed E-state index contributed by atoms with van der Waals surface area (Å²) in [7, 11) is 1.80. The maximum Gasteiger partial charge on any atom is 0.253 e. The zero-order chi connectivity index (χ0) is 17.4. The van der Waals surface area contributed by atoms with Crippen molar-refractivity contribution < 1.29 is 9.59 Å². The Morgan fingerprint density at radius 1 is 1.04 bits per heavy atom. The van der Waals surface area contributed by atoms with Crippen LogP contribution in [0.3, 0.4) is 0 Å². The second-order valence-corrected chi connectivity index (χ2v) is 5.70. The normalized spacial score (nSPS) is 10.2. The summed E-state index contributed by atoms with van der Waals surface area (Å²) in [6.07, 6.45) is 5.42. The van der Waals surface area contributed by atoms with E-state index in [1.165, 1.54) is 0 Å². The van der Waals surface area contributed by atoms with Gasteiger partial charge >= 0.3 is 0 Å². The van der Waals surface area contributed by atoms with Gasteiger partial charge in [-0.05, 0) is 48.4 Å². The lowest BCUT2D eigenvalue weighted by Crippen LogP contribution is -2.28. The Morgan fingerprint density at radius 3 is 2.29 bits per heavy atom. The minimum Gasteiger partial charge on any atom is -0.348 e. The van der Waals surface area contributed by atoms with Gasteiger partial charge < -0.3 is 10.2 Å². The van der Waals surface area contributed by atoms with Crippen LogP contribution in [0.1, 0.15) is 46.0 Å². The van der Waals surface area contributed by atoms with Crippen molar-refractivity contribution in [1.82, 2.24) is 15.2 Å². The van der Waals surface area contributed by atoms with Gasteiger partial charge in [0.2, 0.25) is 0 Å². The molecule has 24 heavy (non-hydrogen) atoms. The molecule has 0 saturated heterocycles. The minimum atomic E-state index is -0.162. The lowest BCUT2D eigenvalue weighted by molar-refractivity contribution is 0.0792. The summed E-state index contributed by atoms with van der Waals surface area (Å²) in [5, 5.41) is 2.85. The summed E-state index contributed by atoms with van der Waals surface area (Å²) in [5.74, 6) is -0.183. The fourth-order valence-corrected chi connectivity index (χ4v) is 2.27. The summed E-state index contributed by atoms with van der Waals surface area (Å²) < 4.78 is 0. The quantitative estimate of drug-likeness (QED) is 0.851. The first kappa shape index (κ1) is 17.7. The molecule has 0 fully saturated rings. The molecule has 5 nitrogen and oxygen atoms in total. The zero-order valence-corrected chi connectivity index (χ0v) is 14.2. The van der Waals surface area contributed by atoms with Crippen molar-refractivity contribution in [3.63, 3.8) is 0 Å². The molecule has 1 heterocycles. The molecule has 0 unspecified atom stereocenters. The molecule has 0 aliphatic rings. The van der Waals surface area contributed by atoms with Crippen LogP contribution < -0.4 is 5.32 Å². The Bertz CT molecular complexity index is 669. The number of nitrogens with one attached hydrogen (secondary N) is 1. The molecule has 1 aromatic carbocycles. The SMILES string of the molecule is CCCCN(C)C(=O)c1ccc(C(=O)NCc2ccncc2)cc1. The fourth-order valence-electron chi connectivity index (χ4n) is 2.27. The maximum absolute atomic E-state index is 12.3. The number of pyridine rings is 1. The van der Waals surface area contributed by atoms with E-state index in [2.05, 4.69) is 17.2 Å². The van der Waals surface area contributed by atoms with Crippen molar-refractivity contribution in [1.29, 1.82) is 0 Å². The Labute approximate surface area is 142 Å². The molecule has 0 aliphatic carbocycles. The molecule has 126 valence electrons. The predicted octanol–water partition coefficient (Wildman–Crippen LogP) is 2.88. The van der Waals surface area contributed by atoms with E-state index >= 15 is 0 Å². The first-order valence-electron chi connectivity index (χ1n) is 8.14. The number of unbranched alkanes of at least 4 members (excludes halogenated alkanes) is 1. The topological polar surface area (TPSA) is 62.3 Å². The van der Waals surface area contributed by atoms with Gasteiger partial charge in [-0.3, -0.25) is 14.6 Å². The number of benzene rings is 1. The van der Waals surface area contributed by atoms with Gasteiger partial charge in [0.05, 0.1) is 0 Å². The van der Waals surface area contributed by atoms with E-state index in [0.717, 1.165) is 24.9 Å². The summed E-state index contributed by atoms with van der Waals surface area (Å²) >= 11 is 0. The molecular formula is C19H23N3O2. The summed E-state index contributed by atoms with van der Waals surface area (Å²) in [5.41, 5.74) is 2.12. The lowest BCUT2D eigenvalue weighted by atomic mass is 10.1. The van der Waals surface area contributed by atoms with Gasteiger partial charge in [0.25, 0.3) is 11.8 Å². The second-order valence-electron chi connectivity index (χ2n) is 5.70. The third kappa shape index (κ3) is 4.91. The van der Waals surface area contributed by atoms with Crippen LogP contribution in [-0.4, -0.2) is 35.3 Å². The molecule has 2 rings (SSSR count). The van der Waals surface area contributed by atoms with Gasteiger partial charge in [0.15, 0.2) is 0 Å². The molecule has 2 amide bonds. The van der Waals surface area contributed by atoms with E-state index < -0.39 is 0 Å². The molecule has 0 radical (unpaired) electrons. The Balaban J connectivity index is 1.93. The van der Waals surface area contributed by atoms with Crippen LogP contribution in [0.15, 0.2) is 48.8 Å². The first-order chi connectivity index (χ1) is 11.6. The predicted molar refractivity (Wildman–Crippen MR) is 93.7 cm³/mol. The van der Waals surface area contributed by atoms with E-state index in [0.29, 0.717) is 17.7 Å². The number of carbonyl (C=O) groups is 2. The molecular weight excluding hydrogens is 302 g/mol. The van der Waals surface area contributed by atoms with Gasteiger partial charge in [0.1, 0.15) is 0 Å². The highest BCUT2D eigenvalue weighted by Gasteiger charge is 2.12. The van der Waals surface area contributed by atoms with Crippen molar-refractivity contribution in [2.45, 2.75) is 26.3 Å². The number of amides is 2. The van der Waals surface area contributed by atoms with Gasteiger partial charge in [-0.15, -0.1) is 0 Å². The standard InChI is InChI=1S/C19H23N3O2/c1-3-4-13-22(2)19(24)17-7-5-16(6-8-17)18(23)21-14-15-9-11-20-12-10-15/h5-12H,3-4,13-14H2,1-2H3,(H,21,23). The highest BCUT2D eigenvalue weighted by atomic mass is 16.2. The van der Waals surface area contributed by atoms with E-state index in [4.69, 9.17) is 0 Å². The molecule has 5 heteroatoms. The van der Waals surface area contributed by atoms with Gasteiger partial charge in [-0.25, -0.2) is 0 Å². The maximum atomic E-state index is 12.3. The largest absolute Gasteiger partial charge is 0.348 e. The molecule has 0 bridgehead atoms. The number of hydrogen-bond donors (Lipinski definition) is 1. The Morgan fingerprint density at radius 2 is 1.67 bits per heavy atom. The van der Waals surface area contributed by atoms with E-state index in [1.54, 1.807) is 48.6 Å². The van der Waals surface area contributed by atoms with Gasteiger partial charge in [-0.2, -0.15) is 0 Å². The minimum absolute atomic E-state index is 0.0211. The number of nitrogens with zero attached hydrogens (tertiary/aromatic N) is 2.